The highest BCUT2D eigenvalue weighted by molar-refractivity contribution is 6.05. The SMILES string of the molecule is Cc1cnc2c(c1)N(CC1CC1)C(=O)C1CN(C)CCN21. The van der Waals surface area contributed by atoms with Gasteiger partial charge in [-0.15, -0.1) is 0 Å². The number of likely N-dealkylation sites (N-methyl/N-ethyl adjacent to an activating group) is 1. The Morgan fingerprint density at radius 2 is 2.14 bits per heavy atom. The van der Waals surface area contributed by atoms with Gasteiger partial charge in [-0.3, -0.25) is 4.79 Å². The highest BCUT2D eigenvalue weighted by Crippen LogP contribution is 2.39. The number of aromatic nitrogens is 1. The molecule has 0 bridgehead atoms. The Balaban J connectivity index is 1.76. The number of hydrogen-bond acceptors (Lipinski definition) is 4. The first kappa shape index (κ1) is 13.1. The summed E-state index contributed by atoms with van der Waals surface area (Å²) < 4.78 is 0. The molecule has 0 spiro atoms. The molecule has 1 saturated carbocycles. The van der Waals surface area contributed by atoms with Crippen molar-refractivity contribution in [2.45, 2.75) is 25.8 Å². The van der Waals surface area contributed by atoms with Crippen molar-refractivity contribution in [2.75, 3.05) is 43.0 Å². The van der Waals surface area contributed by atoms with Crippen LogP contribution in [-0.4, -0.2) is 55.1 Å². The fourth-order valence-corrected chi connectivity index (χ4v) is 3.40. The van der Waals surface area contributed by atoms with Crippen LogP contribution in [0.5, 0.6) is 0 Å². The van der Waals surface area contributed by atoms with Gasteiger partial charge in [-0.2, -0.15) is 0 Å². The first-order valence-electron chi connectivity index (χ1n) is 7.86. The van der Waals surface area contributed by atoms with Gasteiger partial charge in [-0.1, -0.05) is 0 Å². The molecule has 0 aromatic carbocycles. The number of fused-ring (bicyclic) bond motifs is 3. The molecule has 0 radical (unpaired) electrons. The van der Waals surface area contributed by atoms with E-state index in [0.717, 1.165) is 43.2 Å². The van der Waals surface area contributed by atoms with Gasteiger partial charge in [0.15, 0.2) is 5.82 Å². The lowest BCUT2D eigenvalue weighted by atomic mass is 10.0. The maximum atomic E-state index is 13.0. The van der Waals surface area contributed by atoms with Crippen molar-refractivity contribution >= 4 is 17.4 Å². The molecule has 1 saturated heterocycles. The van der Waals surface area contributed by atoms with Gasteiger partial charge in [0.25, 0.3) is 5.91 Å². The van der Waals surface area contributed by atoms with Crippen LogP contribution in [0.4, 0.5) is 11.5 Å². The van der Waals surface area contributed by atoms with Gasteiger partial charge >= 0.3 is 0 Å². The summed E-state index contributed by atoms with van der Waals surface area (Å²) in [5.74, 6) is 1.95. The van der Waals surface area contributed by atoms with Crippen LogP contribution in [0.2, 0.25) is 0 Å². The second-order valence-electron chi connectivity index (χ2n) is 6.72. The molecule has 5 nitrogen and oxygen atoms in total. The van der Waals surface area contributed by atoms with Crippen molar-refractivity contribution in [2.24, 2.45) is 5.92 Å². The summed E-state index contributed by atoms with van der Waals surface area (Å²) in [7, 11) is 2.09. The van der Waals surface area contributed by atoms with Gasteiger partial charge < -0.3 is 14.7 Å². The van der Waals surface area contributed by atoms with Gasteiger partial charge in [0.2, 0.25) is 0 Å². The molecule has 0 N–H and O–H groups in total. The molecule has 1 aromatic rings. The predicted molar refractivity (Wildman–Crippen MR) is 82.7 cm³/mol. The third-order valence-electron chi connectivity index (χ3n) is 4.82. The summed E-state index contributed by atoms with van der Waals surface area (Å²) in [6.07, 6.45) is 4.43. The number of pyridine rings is 1. The molecule has 3 heterocycles. The zero-order valence-corrected chi connectivity index (χ0v) is 12.7. The summed E-state index contributed by atoms with van der Waals surface area (Å²) in [5.41, 5.74) is 2.14. The molecule has 4 rings (SSSR count). The average molecular weight is 286 g/mol. The van der Waals surface area contributed by atoms with Crippen molar-refractivity contribution < 1.29 is 4.79 Å². The second-order valence-corrected chi connectivity index (χ2v) is 6.72. The number of anilines is 2. The number of piperazine rings is 1. The van der Waals surface area contributed by atoms with Crippen molar-refractivity contribution in [3.8, 4) is 0 Å². The van der Waals surface area contributed by atoms with E-state index in [9.17, 15) is 4.79 Å². The van der Waals surface area contributed by atoms with Gasteiger partial charge in [-0.05, 0) is 44.4 Å². The Bertz CT molecular complexity index is 584. The molecule has 1 unspecified atom stereocenters. The standard InChI is InChI=1S/C16H22N4O/c1-11-7-13-15(17-8-11)19-6-5-18(2)10-14(19)16(21)20(13)9-12-3-4-12/h7-8,12,14H,3-6,9-10H2,1-2H3. The van der Waals surface area contributed by atoms with Crippen molar-refractivity contribution in [1.29, 1.82) is 0 Å². The van der Waals surface area contributed by atoms with E-state index in [1.54, 1.807) is 0 Å². The van der Waals surface area contributed by atoms with E-state index in [0.29, 0.717) is 5.92 Å². The molecule has 1 aliphatic carbocycles. The smallest absolute Gasteiger partial charge is 0.251 e. The van der Waals surface area contributed by atoms with Crippen molar-refractivity contribution in [3.63, 3.8) is 0 Å². The van der Waals surface area contributed by atoms with Crippen LogP contribution in [0.15, 0.2) is 12.3 Å². The predicted octanol–water partition coefficient (Wildman–Crippen LogP) is 1.27. The minimum absolute atomic E-state index is 0.0646. The number of aryl methyl sites for hydroxylation is 1. The topological polar surface area (TPSA) is 39.7 Å². The molecule has 1 amide bonds. The molecular weight excluding hydrogens is 264 g/mol. The molecule has 1 atom stereocenters. The molecule has 2 aliphatic heterocycles. The van der Waals surface area contributed by atoms with E-state index in [1.807, 2.05) is 18.0 Å². The van der Waals surface area contributed by atoms with Crippen LogP contribution in [0.3, 0.4) is 0 Å². The van der Waals surface area contributed by atoms with E-state index in [-0.39, 0.29) is 11.9 Å². The van der Waals surface area contributed by atoms with Gasteiger partial charge in [0, 0.05) is 32.4 Å². The lowest BCUT2D eigenvalue weighted by Gasteiger charge is -2.46. The minimum Gasteiger partial charge on any atom is -0.340 e. The molecule has 1 aromatic heterocycles. The normalized spacial score (nSPS) is 25.8. The van der Waals surface area contributed by atoms with Crippen LogP contribution < -0.4 is 9.80 Å². The lowest BCUT2D eigenvalue weighted by molar-refractivity contribution is -0.121. The largest absolute Gasteiger partial charge is 0.340 e. The Labute approximate surface area is 125 Å². The summed E-state index contributed by atoms with van der Waals surface area (Å²) in [4.78, 5) is 24.1. The number of hydrogen-bond donors (Lipinski definition) is 0. The molecule has 21 heavy (non-hydrogen) atoms. The van der Waals surface area contributed by atoms with Crippen LogP contribution in [0.1, 0.15) is 18.4 Å². The fraction of sp³-hybridized carbons (Fsp3) is 0.625. The molecule has 2 fully saturated rings. The van der Waals surface area contributed by atoms with E-state index >= 15 is 0 Å². The first-order chi connectivity index (χ1) is 10.1. The summed E-state index contributed by atoms with van der Waals surface area (Å²) >= 11 is 0. The Morgan fingerprint density at radius 3 is 2.90 bits per heavy atom. The average Bonchev–Trinajstić information content (AvgIpc) is 3.27. The molecule has 112 valence electrons. The van der Waals surface area contributed by atoms with Crippen LogP contribution in [0.25, 0.3) is 0 Å². The van der Waals surface area contributed by atoms with E-state index in [4.69, 9.17) is 0 Å². The minimum atomic E-state index is -0.0646. The van der Waals surface area contributed by atoms with Crippen LogP contribution in [0, 0.1) is 12.8 Å². The summed E-state index contributed by atoms with van der Waals surface area (Å²) in [6, 6.07) is 2.06. The van der Waals surface area contributed by atoms with Crippen LogP contribution >= 0.6 is 0 Å². The number of amides is 1. The number of carbonyl (C=O) groups excluding carboxylic acids is 1. The molecule has 5 heteroatoms. The Kier molecular flexibility index (Phi) is 2.92. The monoisotopic (exact) mass is 286 g/mol. The maximum absolute atomic E-state index is 13.0. The van der Waals surface area contributed by atoms with Gasteiger partial charge in [0.1, 0.15) is 6.04 Å². The number of rotatable bonds is 2. The zero-order chi connectivity index (χ0) is 14.6. The van der Waals surface area contributed by atoms with Gasteiger partial charge in [0.05, 0.1) is 5.69 Å². The molecular formula is C16H22N4O. The van der Waals surface area contributed by atoms with Crippen molar-refractivity contribution in [1.82, 2.24) is 9.88 Å². The summed E-state index contributed by atoms with van der Waals surface area (Å²) in [6.45, 7) is 5.58. The van der Waals surface area contributed by atoms with Gasteiger partial charge in [-0.25, -0.2) is 4.98 Å². The van der Waals surface area contributed by atoms with E-state index in [1.165, 1.54) is 12.8 Å². The highest BCUT2D eigenvalue weighted by Gasteiger charge is 2.43. The second kappa shape index (κ2) is 4.70. The number of carbonyl (C=O) groups is 1. The third kappa shape index (κ3) is 2.20. The first-order valence-corrected chi connectivity index (χ1v) is 7.86. The fourth-order valence-electron chi connectivity index (χ4n) is 3.40. The van der Waals surface area contributed by atoms with Crippen LogP contribution in [-0.2, 0) is 4.79 Å². The third-order valence-corrected chi connectivity index (χ3v) is 4.82. The highest BCUT2D eigenvalue weighted by atomic mass is 16.2. The van der Waals surface area contributed by atoms with E-state index < -0.39 is 0 Å². The molecule has 3 aliphatic rings. The number of nitrogens with zero attached hydrogens (tertiary/aromatic N) is 4. The summed E-state index contributed by atoms with van der Waals surface area (Å²) in [5, 5.41) is 0. The Hall–Kier alpha value is -1.62. The van der Waals surface area contributed by atoms with Crippen molar-refractivity contribution in [3.05, 3.63) is 17.8 Å². The lowest BCUT2D eigenvalue weighted by Crippen LogP contribution is -2.62. The quantitative estimate of drug-likeness (QED) is 0.821. The maximum Gasteiger partial charge on any atom is 0.251 e. The Morgan fingerprint density at radius 1 is 1.33 bits per heavy atom. The zero-order valence-electron chi connectivity index (χ0n) is 12.7. The van der Waals surface area contributed by atoms with E-state index in [2.05, 4.69) is 27.9 Å².